The summed E-state index contributed by atoms with van der Waals surface area (Å²) in [5.74, 6) is -0.301. The van der Waals surface area contributed by atoms with Gasteiger partial charge in [-0.15, -0.1) is 0 Å². The third kappa shape index (κ3) is 3.37. The van der Waals surface area contributed by atoms with Crippen LogP contribution in [-0.4, -0.2) is 31.1 Å². The molecule has 0 radical (unpaired) electrons. The van der Waals surface area contributed by atoms with Gasteiger partial charge in [-0.1, -0.05) is 0 Å². The molecule has 0 unspecified atom stereocenters. The second-order valence-corrected chi connectivity index (χ2v) is 4.33. The van der Waals surface area contributed by atoms with Gasteiger partial charge in [0.1, 0.15) is 17.1 Å². The molecule has 7 heteroatoms. The van der Waals surface area contributed by atoms with Crippen molar-refractivity contribution in [2.45, 2.75) is 33.8 Å². The maximum absolute atomic E-state index is 12.0. The first kappa shape index (κ1) is 15.7. The first-order chi connectivity index (χ1) is 9.27. The highest BCUT2D eigenvalue weighted by Gasteiger charge is 2.25. The summed E-state index contributed by atoms with van der Waals surface area (Å²) in [4.78, 5) is 34.6. The standard InChI is InChI=1S/C13H18N2O5/c1-6-7(2)19-8(3)10(6)12(17)20-9(4)11(16)15-13(18)14-5/h9H,1-5H3,(H2,14,15,16,18)/t9-/m0/s1. The largest absolute Gasteiger partial charge is 0.465 e. The second kappa shape index (κ2) is 6.23. The Kier molecular flexibility index (Phi) is 4.90. The highest BCUT2D eigenvalue weighted by molar-refractivity contribution is 5.99. The zero-order valence-electron chi connectivity index (χ0n) is 12.1. The van der Waals surface area contributed by atoms with E-state index in [0.717, 1.165) is 0 Å². The smallest absolute Gasteiger partial charge is 0.342 e. The molecule has 0 saturated carbocycles. The number of urea groups is 1. The molecule has 2 N–H and O–H groups in total. The molecule has 0 fully saturated rings. The van der Waals surface area contributed by atoms with Crippen molar-refractivity contribution in [3.8, 4) is 0 Å². The van der Waals surface area contributed by atoms with Crippen molar-refractivity contribution in [2.24, 2.45) is 0 Å². The normalized spacial score (nSPS) is 11.7. The molecule has 1 heterocycles. The molecule has 0 aliphatic rings. The highest BCUT2D eigenvalue weighted by Crippen LogP contribution is 2.21. The minimum absolute atomic E-state index is 0.307. The predicted molar refractivity (Wildman–Crippen MR) is 70.4 cm³/mol. The van der Waals surface area contributed by atoms with Crippen molar-refractivity contribution >= 4 is 17.9 Å². The van der Waals surface area contributed by atoms with Gasteiger partial charge in [-0.3, -0.25) is 10.1 Å². The predicted octanol–water partition coefficient (Wildman–Crippen LogP) is 1.21. The number of nitrogens with one attached hydrogen (secondary N) is 2. The second-order valence-electron chi connectivity index (χ2n) is 4.33. The Bertz CT molecular complexity index is 547. The first-order valence-electron chi connectivity index (χ1n) is 6.08. The van der Waals surface area contributed by atoms with E-state index >= 15 is 0 Å². The van der Waals surface area contributed by atoms with E-state index in [1.54, 1.807) is 20.8 Å². The molecular formula is C13H18N2O5. The van der Waals surface area contributed by atoms with Gasteiger partial charge in [0.05, 0.1) is 0 Å². The van der Waals surface area contributed by atoms with Gasteiger partial charge in [-0.2, -0.15) is 0 Å². The van der Waals surface area contributed by atoms with E-state index in [0.29, 0.717) is 22.6 Å². The van der Waals surface area contributed by atoms with Crippen molar-refractivity contribution in [3.63, 3.8) is 0 Å². The molecule has 0 aliphatic carbocycles. The molecule has 0 bridgehead atoms. The number of imide groups is 1. The molecule has 0 saturated heterocycles. The van der Waals surface area contributed by atoms with Gasteiger partial charge >= 0.3 is 12.0 Å². The van der Waals surface area contributed by atoms with Crippen LogP contribution in [0.2, 0.25) is 0 Å². The van der Waals surface area contributed by atoms with E-state index in [-0.39, 0.29) is 0 Å². The average Bonchev–Trinajstić information content (AvgIpc) is 2.62. The van der Waals surface area contributed by atoms with Crippen LogP contribution >= 0.6 is 0 Å². The summed E-state index contributed by atoms with van der Waals surface area (Å²) in [6.07, 6.45) is -1.09. The maximum Gasteiger partial charge on any atom is 0.342 e. The fourth-order valence-corrected chi connectivity index (χ4v) is 1.64. The summed E-state index contributed by atoms with van der Waals surface area (Å²) in [7, 11) is 1.38. The SMILES string of the molecule is CNC(=O)NC(=O)[C@H](C)OC(=O)c1c(C)oc(C)c1C. The molecule has 0 spiro atoms. The van der Waals surface area contributed by atoms with Crippen LogP contribution in [0.3, 0.4) is 0 Å². The zero-order valence-corrected chi connectivity index (χ0v) is 12.1. The Morgan fingerprint density at radius 2 is 1.75 bits per heavy atom. The molecular weight excluding hydrogens is 264 g/mol. The van der Waals surface area contributed by atoms with E-state index in [4.69, 9.17) is 9.15 Å². The number of carbonyl (C=O) groups excluding carboxylic acids is 3. The van der Waals surface area contributed by atoms with Crippen LogP contribution in [0.25, 0.3) is 0 Å². The third-order valence-corrected chi connectivity index (χ3v) is 2.88. The first-order valence-corrected chi connectivity index (χ1v) is 6.08. The van der Waals surface area contributed by atoms with Gasteiger partial charge < -0.3 is 14.5 Å². The van der Waals surface area contributed by atoms with Gasteiger partial charge in [0.15, 0.2) is 6.10 Å². The Labute approximate surface area is 116 Å². The number of ether oxygens (including phenoxy) is 1. The fraction of sp³-hybridized carbons (Fsp3) is 0.462. The van der Waals surface area contributed by atoms with Crippen LogP contribution in [0, 0.1) is 20.8 Å². The number of esters is 1. The molecule has 1 rings (SSSR count). The lowest BCUT2D eigenvalue weighted by molar-refractivity contribution is -0.127. The summed E-state index contributed by atoms with van der Waals surface area (Å²) in [5.41, 5.74) is 0.980. The molecule has 20 heavy (non-hydrogen) atoms. The van der Waals surface area contributed by atoms with E-state index in [1.807, 2.05) is 5.32 Å². The quantitative estimate of drug-likeness (QED) is 0.812. The summed E-state index contributed by atoms with van der Waals surface area (Å²) < 4.78 is 10.4. The van der Waals surface area contributed by atoms with E-state index < -0.39 is 24.0 Å². The topological polar surface area (TPSA) is 97.6 Å². The molecule has 0 aliphatic heterocycles. The number of furan rings is 1. The Morgan fingerprint density at radius 3 is 2.20 bits per heavy atom. The number of rotatable bonds is 3. The van der Waals surface area contributed by atoms with Gasteiger partial charge in [0.2, 0.25) is 0 Å². The van der Waals surface area contributed by atoms with E-state index in [9.17, 15) is 14.4 Å². The molecule has 110 valence electrons. The third-order valence-electron chi connectivity index (χ3n) is 2.88. The Hall–Kier alpha value is -2.31. The molecule has 7 nitrogen and oxygen atoms in total. The van der Waals surface area contributed by atoms with Crippen molar-refractivity contribution in [1.29, 1.82) is 0 Å². The lowest BCUT2D eigenvalue weighted by atomic mass is 10.1. The molecule has 1 atom stereocenters. The molecule has 1 aromatic heterocycles. The number of aryl methyl sites for hydroxylation is 2. The number of hydrogen-bond donors (Lipinski definition) is 2. The summed E-state index contributed by atoms with van der Waals surface area (Å²) in [6, 6.07) is -0.663. The Morgan fingerprint density at radius 1 is 1.15 bits per heavy atom. The van der Waals surface area contributed by atoms with E-state index in [1.165, 1.54) is 14.0 Å². The highest BCUT2D eigenvalue weighted by atomic mass is 16.5. The lowest BCUT2D eigenvalue weighted by Crippen LogP contribution is -2.43. The van der Waals surface area contributed by atoms with Crippen molar-refractivity contribution in [1.82, 2.24) is 10.6 Å². The van der Waals surface area contributed by atoms with Crippen molar-refractivity contribution in [2.75, 3.05) is 7.05 Å². The van der Waals surface area contributed by atoms with Crippen LogP contribution in [0.1, 0.15) is 34.4 Å². The van der Waals surface area contributed by atoms with Crippen molar-refractivity contribution in [3.05, 3.63) is 22.6 Å². The van der Waals surface area contributed by atoms with Crippen LogP contribution in [0.5, 0.6) is 0 Å². The van der Waals surface area contributed by atoms with Gasteiger partial charge in [0.25, 0.3) is 5.91 Å². The maximum atomic E-state index is 12.0. The summed E-state index contributed by atoms with van der Waals surface area (Å²) in [6.45, 7) is 6.50. The number of hydrogen-bond acceptors (Lipinski definition) is 5. The van der Waals surface area contributed by atoms with E-state index in [2.05, 4.69) is 5.32 Å². The summed E-state index contributed by atoms with van der Waals surface area (Å²) in [5, 5.41) is 4.26. The van der Waals surface area contributed by atoms with Crippen LogP contribution in [-0.2, 0) is 9.53 Å². The van der Waals surface area contributed by atoms with Gasteiger partial charge in [-0.05, 0) is 27.7 Å². The number of carbonyl (C=O) groups is 3. The summed E-state index contributed by atoms with van der Waals surface area (Å²) >= 11 is 0. The van der Waals surface area contributed by atoms with Crippen molar-refractivity contribution < 1.29 is 23.5 Å². The fourth-order valence-electron chi connectivity index (χ4n) is 1.64. The van der Waals surface area contributed by atoms with Crippen LogP contribution in [0.4, 0.5) is 4.79 Å². The zero-order chi connectivity index (χ0) is 15.4. The molecule has 3 amide bonds. The monoisotopic (exact) mass is 282 g/mol. The van der Waals surface area contributed by atoms with Gasteiger partial charge in [-0.25, -0.2) is 9.59 Å². The van der Waals surface area contributed by atoms with Gasteiger partial charge in [0, 0.05) is 12.6 Å². The minimum atomic E-state index is -1.09. The molecule has 1 aromatic rings. The Balaban J connectivity index is 2.75. The van der Waals surface area contributed by atoms with Crippen LogP contribution in [0.15, 0.2) is 4.42 Å². The van der Waals surface area contributed by atoms with Crippen LogP contribution < -0.4 is 10.6 Å². The minimum Gasteiger partial charge on any atom is -0.465 e. The molecule has 0 aromatic carbocycles. The average molecular weight is 282 g/mol. The lowest BCUT2D eigenvalue weighted by Gasteiger charge is -2.12. The number of amides is 3.